The van der Waals surface area contributed by atoms with E-state index in [1.165, 1.54) is 5.56 Å². The summed E-state index contributed by atoms with van der Waals surface area (Å²) in [6.07, 6.45) is 11.2. The fraction of sp³-hybridized carbons (Fsp3) is 0.522. The zero-order valence-corrected chi connectivity index (χ0v) is 34.8. The number of terminal acetylenes is 1. The molecule has 8 nitrogen and oxygen atoms in total. The number of imidazole rings is 2. The number of aryl methyl sites for hydroxylation is 2. The molecule has 4 N–H and O–H groups in total. The van der Waals surface area contributed by atoms with Crippen LogP contribution in [0.4, 0.5) is 17.6 Å². The van der Waals surface area contributed by atoms with Gasteiger partial charge in [-0.3, -0.25) is 9.59 Å². The predicted octanol–water partition coefficient (Wildman–Crippen LogP) is 10.7. The van der Waals surface area contributed by atoms with Crippen molar-refractivity contribution >= 4 is 11.8 Å². The lowest BCUT2D eigenvalue weighted by atomic mass is 9.86. The standard InChI is InChI=1S/C36H38F4N6O2.2C4H10.C2H2/c37-35(38)13-9-23(10-14-35)33(47)42-19-30-41-18-29(45-30)22-3-1-21(2-4-22)25-5-7-27-26(17-25)6-8-28-32(27)46-31(44-28)20-43-34(48)24-11-15-36(39,40)16-12-24;2*1-4(2)3;1-2/h1-5,7,17-18,23-24H,6,8-16,19-20H2,(H,41,45)(H,42,47)(H,43,48)(H,44,46);2*4H,1-3H3;1-2H. The van der Waals surface area contributed by atoms with E-state index < -0.39 is 11.8 Å². The van der Waals surface area contributed by atoms with E-state index in [9.17, 15) is 27.2 Å². The van der Waals surface area contributed by atoms with Gasteiger partial charge in [-0.2, -0.15) is 0 Å². The molecular formula is C46H60F4N6O2. The number of hydrogen-bond acceptors (Lipinski definition) is 4. The molecule has 2 amide bonds. The quantitative estimate of drug-likeness (QED) is 0.105. The van der Waals surface area contributed by atoms with E-state index in [0.29, 0.717) is 11.6 Å². The molecule has 2 saturated carbocycles. The van der Waals surface area contributed by atoms with Crippen LogP contribution >= 0.6 is 0 Å². The Morgan fingerprint density at radius 3 is 1.69 bits per heavy atom. The van der Waals surface area contributed by atoms with Gasteiger partial charge in [-0.1, -0.05) is 84.0 Å². The Morgan fingerprint density at radius 1 is 0.707 bits per heavy atom. The van der Waals surface area contributed by atoms with Crippen molar-refractivity contribution in [2.24, 2.45) is 23.7 Å². The number of alkyl halides is 4. The van der Waals surface area contributed by atoms with Crippen LogP contribution in [0.25, 0.3) is 33.6 Å². The van der Waals surface area contributed by atoms with Gasteiger partial charge in [0.2, 0.25) is 23.7 Å². The average Bonchev–Trinajstić information content (AvgIpc) is 3.84. The number of carbonyl (C=O) groups excluding carboxylic acids is 2. The second-order valence-corrected chi connectivity index (χ2v) is 16.9. The van der Waals surface area contributed by atoms with Crippen LogP contribution in [-0.4, -0.2) is 43.6 Å². The molecule has 58 heavy (non-hydrogen) atoms. The van der Waals surface area contributed by atoms with Crippen molar-refractivity contribution in [3.8, 4) is 46.5 Å². The third kappa shape index (κ3) is 13.3. The molecule has 2 heterocycles. The number of aromatic amines is 2. The molecular weight excluding hydrogens is 745 g/mol. The minimum Gasteiger partial charge on any atom is -0.349 e. The second-order valence-electron chi connectivity index (χ2n) is 16.9. The molecule has 314 valence electrons. The lowest BCUT2D eigenvalue weighted by Crippen LogP contribution is -2.35. The van der Waals surface area contributed by atoms with Crippen LogP contribution in [0.15, 0.2) is 48.7 Å². The smallest absolute Gasteiger partial charge is 0.248 e. The van der Waals surface area contributed by atoms with Crippen LogP contribution in [0.5, 0.6) is 0 Å². The molecule has 0 bridgehead atoms. The third-order valence-corrected chi connectivity index (χ3v) is 10.0. The molecule has 4 aromatic rings. The first-order chi connectivity index (χ1) is 27.5. The van der Waals surface area contributed by atoms with E-state index in [2.05, 4.69) is 110 Å². The highest BCUT2D eigenvalue weighted by Crippen LogP contribution is 2.38. The Bertz CT molecular complexity index is 1930. The number of hydrogen-bond donors (Lipinski definition) is 4. The van der Waals surface area contributed by atoms with Crippen LogP contribution in [0, 0.1) is 36.5 Å². The summed E-state index contributed by atoms with van der Waals surface area (Å²) in [5, 5.41) is 5.71. The van der Waals surface area contributed by atoms with Gasteiger partial charge in [-0.25, -0.2) is 27.5 Å². The topological polar surface area (TPSA) is 116 Å². The van der Waals surface area contributed by atoms with Gasteiger partial charge >= 0.3 is 0 Å². The van der Waals surface area contributed by atoms with Gasteiger partial charge in [0.05, 0.1) is 30.7 Å². The molecule has 2 aromatic heterocycles. The molecule has 0 unspecified atom stereocenters. The molecule has 3 aliphatic rings. The Morgan fingerprint density at radius 2 is 1.17 bits per heavy atom. The van der Waals surface area contributed by atoms with Gasteiger partial charge in [0, 0.05) is 48.8 Å². The number of H-pyrrole nitrogens is 2. The molecule has 2 fully saturated rings. The summed E-state index contributed by atoms with van der Waals surface area (Å²) in [4.78, 5) is 40.8. The predicted molar refractivity (Wildman–Crippen MR) is 223 cm³/mol. The minimum atomic E-state index is -2.66. The molecule has 0 radical (unpaired) electrons. The van der Waals surface area contributed by atoms with E-state index >= 15 is 0 Å². The summed E-state index contributed by atoms with van der Waals surface area (Å²) in [6.45, 7) is 13.4. The Labute approximate surface area is 341 Å². The van der Waals surface area contributed by atoms with Gasteiger partial charge in [-0.05, 0) is 72.6 Å². The summed E-state index contributed by atoms with van der Waals surface area (Å²) in [5.74, 6) is -3.58. The molecule has 3 aliphatic carbocycles. The first-order valence-electron chi connectivity index (χ1n) is 20.5. The van der Waals surface area contributed by atoms with Crippen molar-refractivity contribution in [3.63, 3.8) is 0 Å². The number of aromatic nitrogens is 4. The van der Waals surface area contributed by atoms with Crippen LogP contribution in [0.3, 0.4) is 0 Å². The zero-order valence-electron chi connectivity index (χ0n) is 34.8. The SMILES string of the molecule is C#C.CC(C)C.CC(C)C.O=C(NCc1ncc(-c2ccc(-c3ccc4c(c3)CCc3[nH]c(CNC(=O)C5CCC(F)(F)CC5)nc3-4)cc2)[nH]1)C1CCC(F)(F)CC1. The lowest BCUT2D eigenvalue weighted by Gasteiger charge is -2.27. The van der Waals surface area contributed by atoms with E-state index in [0.717, 1.165) is 64.0 Å². The molecule has 0 saturated heterocycles. The molecule has 0 spiro atoms. The monoisotopic (exact) mass is 804 g/mol. The van der Waals surface area contributed by atoms with Crippen molar-refractivity contribution in [1.82, 2.24) is 30.6 Å². The maximum atomic E-state index is 13.5. The largest absolute Gasteiger partial charge is 0.349 e. The van der Waals surface area contributed by atoms with E-state index in [-0.39, 0.29) is 88.1 Å². The highest BCUT2D eigenvalue weighted by atomic mass is 19.3. The number of nitrogens with one attached hydrogen (secondary N) is 4. The first-order valence-corrected chi connectivity index (χ1v) is 20.5. The lowest BCUT2D eigenvalue weighted by molar-refractivity contribution is -0.130. The fourth-order valence-corrected chi connectivity index (χ4v) is 7.10. The van der Waals surface area contributed by atoms with Gasteiger partial charge in [0.1, 0.15) is 11.6 Å². The van der Waals surface area contributed by atoms with Crippen molar-refractivity contribution < 1.29 is 27.2 Å². The maximum Gasteiger partial charge on any atom is 0.248 e. The number of amides is 2. The third-order valence-electron chi connectivity index (χ3n) is 10.0. The number of rotatable bonds is 8. The summed E-state index contributed by atoms with van der Waals surface area (Å²) in [6, 6.07) is 14.5. The van der Waals surface area contributed by atoms with Crippen molar-refractivity contribution in [2.45, 2.75) is 131 Å². The second kappa shape index (κ2) is 20.7. The normalized spacial score (nSPS) is 16.9. The van der Waals surface area contributed by atoms with Crippen molar-refractivity contribution in [2.75, 3.05) is 0 Å². The Hall–Kier alpha value is -4.92. The number of benzene rings is 2. The van der Waals surface area contributed by atoms with Crippen LogP contribution in [0.2, 0.25) is 0 Å². The van der Waals surface area contributed by atoms with Crippen molar-refractivity contribution in [1.29, 1.82) is 0 Å². The van der Waals surface area contributed by atoms with Gasteiger partial charge in [0.25, 0.3) is 0 Å². The molecule has 0 atom stereocenters. The summed E-state index contributed by atoms with van der Waals surface area (Å²) in [5.41, 5.74) is 8.05. The molecule has 0 aliphatic heterocycles. The highest BCUT2D eigenvalue weighted by molar-refractivity contribution is 5.79. The Balaban J connectivity index is 0.000000675. The van der Waals surface area contributed by atoms with Gasteiger partial charge < -0.3 is 20.6 Å². The highest BCUT2D eigenvalue weighted by Gasteiger charge is 2.38. The average molecular weight is 805 g/mol. The van der Waals surface area contributed by atoms with Crippen LogP contribution < -0.4 is 10.6 Å². The number of carbonyl (C=O) groups is 2. The number of nitrogens with zero attached hydrogens (tertiary/aromatic N) is 2. The molecule has 12 heteroatoms. The number of fused-ring (bicyclic) bond motifs is 3. The molecule has 2 aromatic carbocycles. The van der Waals surface area contributed by atoms with E-state index in [1.54, 1.807) is 6.20 Å². The van der Waals surface area contributed by atoms with Crippen molar-refractivity contribution in [3.05, 3.63) is 71.6 Å². The van der Waals surface area contributed by atoms with Crippen LogP contribution in [0.1, 0.15) is 116 Å². The first kappa shape index (κ1) is 45.8. The summed E-state index contributed by atoms with van der Waals surface area (Å²) < 4.78 is 53.8. The minimum absolute atomic E-state index is 0.194. The maximum absolute atomic E-state index is 13.5. The van der Waals surface area contributed by atoms with Gasteiger partial charge in [0.15, 0.2) is 0 Å². The number of halogens is 4. The van der Waals surface area contributed by atoms with E-state index in [1.807, 2.05) is 12.1 Å². The summed E-state index contributed by atoms with van der Waals surface area (Å²) in [7, 11) is 0. The fourth-order valence-electron chi connectivity index (χ4n) is 7.10. The van der Waals surface area contributed by atoms with Crippen LogP contribution in [-0.2, 0) is 35.5 Å². The molecule has 7 rings (SSSR count). The van der Waals surface area contributed by atoms with Gasteiger partial charge in [-0.15, -0.1) is 12.8 Å². The van der Waals surface area contributed by atoms with E-state index in [4.69, 9.17) is 4.98 Å². The zero-order chi connectivity index (χ0) is 42.6. The summed E-state index contributed by atoms with van der Waals surface area (Å²) >= 11 is 0. The Kier molecular flexibility index (Phi) is 16.3.